The van der Waals surface area contributed by atoms with Gasteiger partial charge in [0.2, 0.25) is 5.91 Å². The smallest absolute Gasteiger partial charge is 0.407 e. The number of ether oxygens (including phenoxy) is 1. The maximum Gasteiger partial charge on any atom is 0.407 e. The van der Waals surface area contributed by atoms with Gasteiger partial charge in [-0.2, -0.15) is 0 Å². The molecule has 0 aliphatic heterocycles. The molecule has 2 aromatic carbocycles. The van der Waals surface area contributed by atoms with Crippen LogP contribution in [-0.2, 0) is 14.3 Å². The number of carbonyl (C=O) groups excluding carboxylic acids is 2. The number of carbonyl (C=O) groups is 3. The van der Waals surface area contributed by atoms with Gasteiger partial charge in [-0.1, -0.05) is 75.2 Å². The molecule has 0 heterocycles. The average Bonchev–Trinajstić information content (AvgIpc) is 3.13. The van der Waals surface area contributed by atoms with Gasteiger partial charge in [-0.05, 0) is 35.1 Å². The van der Waals surface area contributed by atoms with Crippen molar-refractivity contribution in [2.24, 2.45) is 0 Å². The Morgan fingerprint density at radius 2 is 1.58 bits per heavy atom. The molecule has 7 nitrogen and oxygen atoms in total. The fraction of sp³-hybridized carbons (Fsp3) is 0.423. The highest BCUT2D eigenvalue weighted by Gasteiger charge is 2.30. The van der Waals surface area contributed by atoms with Gasteiger partial charge < -0.3 is 20.5 Å². The summed E-state index contributed by atoms with van der Waals surface area (Å²) < 4.78 is 5.57. The van der Waals surface area contributed by atoms with Crippen LogP contribution in [0.2, 0.25) is 0 Å². The van der Waals surface area contributed by atoms with Gasteiger partial charge in [0.25, 0.3) is 0 Å². The number of aliphatic carboxylic acids is 1. The van der Waals surface area contributed by atoms with Crippen LogP contribution in [0.3, 0.4) is 0 Å². The average molecular weight is 453 g/mol. The highest BCUT2D eigenvalue weighted by Crippen LogP contribution is 2.44. The number of hydrogen-bond acceptors (Lipinski definition) is 4. The number of benzene rings is 2. The van der Waals surface area contributed by atoms with E-state index in [0.717, 1.165) is 35.1 Å². The molecular formula is C26H32N2O5. The molecule has 0 radical (unpaired) electrons. The molecule has 3 N–H and O–H groups in total. The van der Waals surface area contributed by atoms with Gasteiger partial charge in [-0.25, -0.2) is 4.79 Å². The third kappa shape index (κ3) is 6.12. The first-order chi connectivity index (χ1) is 15.9. The lowest BCUT2D eigenvalue weighted by molar-refractivity contribution is -0.137. The summed E-state index contributed by atoms with van der Waals surface area (Å²) >= 11 is 0. The van der Waals surface area contributed by atoms with Crippen molar-refractivity contribution in [3.05, 3.63) is 59.7 Å². The van der Waals surface area contributed by atoms with Crippen molar-refractivity contribution < 1.29 is 24.2 Å². The topological polar surface area (TPSA) is 105 Å². The summed E-state index contributed by atoms with van der Waals surface area (Å²) in [5, 5.41) is 14.5. The second-order valence-corrected chi connectivity index (χ2v) is 8.38. The minimum atomic E-state index is -0.975. The highest BCUT2D eigenvalue weighted by molar-refractivity contribution is 5.86. The summed E-state index contributed by atoms with van der Waals surface area (Å²) in [5.41, 5.74) is 4.52. The molecule has 0 fully saturated rings. The summed E-state index contributed by atoms with van der Waals surface area (Å²) in [6.07, 6.45) is 1.74. The summed E-state index contributed by atoms with van der Waals surface area (Å²) in [6.45, 7) is 3.98. The lowest BCUT2D eigenvalue weighted by Crippen LogP contribution is -2.50. The van der Waals surface area contributed by atoms with Crippen molar-refractivity contribution >= 4 is 18.0 Å². The van der Waals surface area contributed by atoms with Gasteiger partial charge in [0.05, 0.1) is 6.42 Å². The van der Waals surface area contributed by atoms with Crippen molar-refractivity contribution in [1.82, 2.24) is 10.6 Å². The molecule has 7 heteroatoms. The molecular weight excluding hydrogens is 420 g/mol. The quantitative estimate of drug-likeness (QED) is 0.467. The summed E-state index contributed by atoms with van der Waals surface area (Å²) in [7, 11) is 0. The molecule has 1 unspecified atom stereocenters. The third-order valence-corrected chi connectivity index (χ3v) is 6.06. The van der Waals surface area contributed by atoms with Gasteiger partial charge in [-0.15, -0.1) is 0 Å². The minimum Gasteiger partial charge on any atom is -0.481 e. The van der Waals surface area contributed by atoms with Crippen LogP contribution in [0.1, 0.15) is 63.0 Å². The first-order valence-corrected chi connectivity index (χ1v) is 11.6. The number of alkyl carbamates (subject to hydrolysis) is 1. The van der Waals surface area contributed by atoms with E-state index in [1.54, 1.807) is 0 Å². The van der Waals surface area contributed by atoms with E-state index in [4.69, 9.17) is 9.84 Å². The SMILES string of the molecule is CCCCC(NC(=O)OCC1c2ccccc2-c2ccccc21)C(=O)N[C@H](CC)CC(=O)O. The highest BCUT2D eigenvalue weighted by atomic mass is 16.5. The zero-order valence-corrected chi connectivity index (χ0v) is 19.2. The monoisotopic (exact) mass is 452 g/mol. The van der Waals surface area contributed by atoms with Crippen LogP contribution in [0.15, 0.2) is 48.5 Å². The van der Waals surface area contributed by atoms with E-state index in [-0.39, 0.29) is 24.9 Å². The molecule has 2 amide bonds. The summed E-state index contributed by atoms with van der Waals surface area (Å²) in [4.78, 5) is 36.4. The number of carboxylic acid groups (broad SMARTS) is 1. The number of amides is 2. The van der Waals surface area contributed by atoms with Crippen LogP contribution in [0.5, 0.6) is 0 Å². The molecule has 3 rings (SSSR count). The number of nitrogens with one attached hydrogen (secondary N) is 2. The van der Waals surface area contributed by atoms with E-state index in [2.05, 4.69) is 22.8 Å². The standard InChI is InChI=1S/C26H32N2O5/c1-3-5-14-23(25(31)27-17(4-2)15-24(29)30)28-26(32)33-16-22-20-12-8-6-10-18(20)19-11-7-9-13-21(19)22/h6-13,17,22-23H,3-5,14-16H2,1-2H3,(H,27,31)(H,28,32)(H,29,30)/t17-,23?/m1/s1. The number of rotatable bonds is 11. The molecule has 0 saturated heterocycles. The second-order valence-electron chi connectivity index (χ2n) is 8.38. The Kier molecular flexibility index (Phi) is 8.46. The van der Waals surface area contributed by atoms with Gasteiger partial charge in [0, 0.05) is 12.0 Å². The number of fused-ring (bicyclic) bond motifs is 3. The van der Waals surface area contributed by atoms with Gasteiger partial charge in [-0.3, -0.25) is 9.59 Å². The van der Waals surface area contributed by atoms with Crippen molar-refractivity contribution in [1.29, 1.82) is 0 Å². The Morgan fingerprint density at radius 1 is 0.970 bits per heavy atom. The van der Waals surface area contributed by atoms with E-state index < -0.39 is 24.1 Å². The zero-order chi connectivity index (χ0) is 23.8. The van der Waals surface area contributed by atoms with Crippen molar-refractivity contribution in [3.8, 4) is 11.1 Å². The van der Waals surface area contributed by atoms with Crippen LogP contribution in [0.25, 0.3) is 11.1 Å². The molecule has 33 heavy (non-hydrogen) atoms. The van der Waals surface area contributed by atoms with Crippen LogP contribution in [-0.4, -0.2) is 41.8 Å². The summed E-state index contributed by atoms with van der Waals surface area (Å²) in [6, 6.07) is 14.9. The molecule has 0 spiro atoms. The molecule has 1 aliphatic rings. The Labute approximate surface area is 194 Å². The molecule has 1 aliphatic carbocycles. The molecule has 2 atom stereocenters. The third-order valence-electron chi connectivity index (χ3n) is 6.06. The molecule has 0 bridgehead atoms. The molecule has 2 aromatic rings. The second kappa shape index (κ2) is 11.5. The van der Waals surface area contributed by atoms with Crippen molar-refractivity contribution in [2.45, 2.75) is 64.0 Å². The number of carboxylic acids is 1. The van der Waals surface area contributed by atoms with Gasteiger partial charge in [0.1, 0.15) is 12.6 Å². The number of unbranched alkanes of at least 4 members (excludes halogenated alkanes) is 1. The maximum absolute atomic E-state index is 12.7. The van der Waals surface area contributed by atoms with E-state index >= 15 is 0 Å². The predicted molar refractivity (Wildman–Crippen MR) is 126 cm³/mol. The first kappa shape index (κ1) is 24.3. The Morgan fingerprint density at radius 3 is 2.12 bits per heavy atom. The van der Waals surface area contributed by atoms with Crippen LogP contribution in [0, 0.1) is 0 Å². The van der Waals surface area contributed by atoms with E-state index in [1.165, 1.54) is 0 Å². The fourth-order valence-electron chi connectivity index (χ4n) is 4.27. The van der Waals surface area contributed by atoms with Gasteiger partial charge >= 0.3 is 12.1 Å². The van der Waals surface area contributed by atoms with E-state index in [1.807, 2.05) is 50.2 Å². The van der Waals surface area contributed by atoms with Crippen molar-refractivity contribution in [3.63, 3.8) is 0 Å². The van der Waals surface area contributed by atoms with Crippen LogP contribution in [0.4, 0.5) is 4.79 Å². The Hall–Kier alpha value is -3.35. The molecule has 0 saturated carbocycles. The predicted octanol–water partition coefficient (Wildman–Crippen LogP) is 4.45. The lowest BCUT2D eigenvalue weighted by atomic mass is 9.98. The van der Waals surface area contributed by atoms with Crippen LogP contribution < -0.4 is 10.6 Å². The molecule has 176 valence electrons. The van der Waals surface area contributed by atoms with E-state index in [9.17, 15) is 14.4 Å². The zero-order valence-electron chi connectivity index (χ0n) is 19.2. The Bertz CT molecular complexity index is 945. The largest absolute Gasteiger partial charge is 0.481 e. The maximum atomic E-state index is 12.7. The first-order valence-electron chi connectivity index (χ1n) is 11.6. The van der Waals surface area contributed by atoms with Gasteiger partial charge in [0.15, 0.2) is 0 Å². The Balaban J connectivity index is 1.64. The normalized spacial score (nSPS) is 14.0. The minimum absolute atomic E-state index is 0.0638. The summed E-state index contributed by atoms with van der Waals surface area (Å²) in [5.74, 6) is -1.42. The fourth-order valence-corrected chi connectivity index (χ4v) is 4.27. The number of hydrogen-bond donors (Lipinski definition) is 3. The van der Waals surface area contributed by atoms with Crippen LogP contribution >= 0.6 is 0 Å². The van der Waals surface area contributed by atoms with E-state index in [0.29, 0.717) is 12.8 Å². The lowest BCUT2D eigenvalue weighted by Gasteiger charge is -2.22. The molecule has 0 aromatic heterocycles. The van der Waals surface area contributed by atoms with Crippen molar-refractivity contribution in [2.75, 3.05) is 6.61 Å².